The zero-order valence-electron chi connectivity index (χ0n) is 14.9. The zero-order valence-corrected chi connectivity index (χ0v) is 16.6. The maximum Gasteiger partial charge on any atom is 0.342 e. The molecule has 1 aromatic heterocycles. The van der Waals surface area contributed by atoms with E-state index in [0.717, 1.165) is 0 Å². The van der Waals surface area contributed by atoms with Crippen molar-refractivity contribution in [1.82, 2.24) is 4.72 Å². The van der Waals surface area contributed by atoms with Crippen LogP contribution in [0.1, 0.15) is 49.1 Å². The molecule has 1 rings (SSSR count). The lowest BCUT2D eigenvalue weighted by molar-refractivity contribution is 0.0594. The molecule has 0 fully saturated rings. The van der Waals surface area contributed by atoms with Gasteiger partial charge in [-0.3, -0.25) is 0 Å². The van der Waals surface area contributed by atoms with Crippen LogP contribution < -0.4 is 10.5 Å². The number of ether oxygens (including phenoxy) is 1. The summed E-state index contributed by atoms with van der Waals surface area (Å²) in [4.78, 5) is 11.7. The van der Waals surface area contributed by atoms with Crippen molar-refractivity contribution in [3.05, 3.63) is 17.1 Å². The molecule has 1 unspecified atom stereocenters. The Bertz CT molecular complexity index is 684. The van der Waals surface area contributed by atoms with Gasteiger partial charge in [0, 0.05) is 12.1 Å². The van der Waals surface area contributed by atoms with Crippen LogP contribution in [-0.4, -0.2) is 33.6 Å². The van der Waals surface area contributed by atoms with Gasteiger partial charge in [-0.1, -0.05) is 13.8 Å². The van der Waals surface area contributed by atoms with Crippen LogP contribution in [0.15, 0.2) is 9.31 Å². The number of furan rings is 1. The largest absolute Gasteiger partial charge is 0.465 e. The minimum atomic E-state index is -4.00. The van der Waals surface area contributed by atoms with E-state index in [-0.39, 0.29) is 46.8 Å². The fourth-order valence-corrected chi connectivity index (χ4v) is 4.60. The third kappa shape index (κ3) is 4.95. The van der Waals surface area contributed by atoms with Crippen LogP contribution in [0.3, 0.4) is 0 Å². The molecular formula is C15H27ClN2O5S. The maximum absolute atomic E-state index is 12.8. The molecule has 0 saturated carbocycles. The Hall–Kier alpha value is -1.09. The summed E-state index contributed by atoms with van der Waals surface area (Å²) >= 11 is 0. The van der Waals surface area contributed by atoms with Crippen LogP contribution in [0, 0.1) is 19.8 Å². The first-order valence-corrected chi connectivity index (χ1v) is 8.88. The van der Waals surface area contributed by atoms with E-state index in [4.69, 9.17) is 10.2 Å². The Labute approximate surface area is 149 Å². The van der Waals surface area contributed by atoms with E-state index in [1.54, 1.807) is 6.92 Å². The number of hydrogen-bond donors (Lipinski definition) is 2. The quantitative estimate of drug-likeness (QED) is 0.699. The Balaban J connectivity index is 0.00000529. The molecule has 0 aliphatic heterocycles. The molecule has 0 amide bonds. The number of aryl methyl sites for hydroxylation is 2. The van der Waals surface area contributed by atoms with Crippen molar-refractivity contribution < 1.29 is 22.4 Å². The molecule has 9 heteroatoms. The molecule has 7 nitrogen and oxygen atoms in total. The Kier molecular flexibility index (Phi) is 7.95. The number of sulfonamides is 1. The first-order valence-electron chi connectivity index (χ1n) is 7.39. The van der Waals surface area contributed by atoms with E-state index in [9.17, 15) is 13.2 Å². The molecule has 0 aliphatic carbocycles. The van der Waals surface area contributed by atoms with Gasteiger partial charge in [-0.2, -0.15) is 0 Å². The van der Waals surface area contributed by atoms with Crippen molar-refractivity contribution in [3.63, 3.8) is 0 Å². The number of nitrogens with two attached hydrogens (primary N) is 1. The molecule has 140 valence electrons. The van der Waals surface area contributed by atoms with Crippen LogP contribution in [0.5, 0.6) is 0 Å². The molecule has 1 aromatic rings. The molecule has 24 heavy (non-hydrogen) atoms. The first-order chi connectivity index (χ1) is 10.5. The predicted octanol–water partition coefficient (Wildman–Crippen LogP) is 2.15. The number of carbonyl (C=O) groups is 1. The fraction of sp³-hybridized carbons (Fsp3) is 0.667. The van der Waals surface area contributed by atoms with E-state index in [1.165, 1.54) is 21.0 Å². The highest BCUT2D eigenvalue weighted by molar-refractivity contribution is 7.89. The summed E-state index contributed by atoms with van der Waals surface area (Å²) in [6.07, 6.45) is 0.562. The standard InChI is InChI=1S/C15H26N2O5S.ClH/c1-9(2)7-15(5,8-16)17-23(19,20)13-11(4)22-10(3)12(13)14(18)21-6;/h9,17H,7-8,16H2,1-6H3;1H. The van der Waals surface area contributed by atoms with E-state index >= 15 is 0 Å². The number of hydrogen-bond acceptors (Lipinski definition) is 6. The number of nitrogens with one attached hydrogen (secondary N) is 1. The number of carbonyl (C=O) groups excluding carboxylic acids is 1. The van der Waals surface area contributed by atoms with Gasteiger partial charge in [0.1, 0.15) is 22.0 Å². The second kappa shape index (κ2) is 8.33. The number of methoxy groups -OCH3 is 1. The SMILES string of the molecule is COC(=O)c1c(C)oc(C)c1S(=O)(=O)NC(C)(CN)CC(C)C.Cl. The van der Waals surface area contributed by atoms with Crippen molar-refractivity contribution in [1.29, 1.82) is 0 Å². The van der Waals surface area contributed by atoms with Crippen molar-refractivity contribution in [3.8, 4) is 0 Å². The molecule has 1 heterocycles. The summed E-state index contributed by atoms with van der Waals surface area (Å²) in [6, 6.07) is 0. The summed E-state index contributed by atoms with van der Waals surface area (Å²) in [6.45, 7) is 8.86. The summed E-state index contributed by atoms with van der Waals surface area (Å²) in [7, 11) is -2.80. The van der Waals surface area contributed by atoms with Crippen molar-refractivity contribution in [2.45, 2.75) is 51.5 Å². The van der Waals surface area contributed by atoms with Crippen LogP contribution in [0.25, 0.3) is 0 Å². The second-order valence-corrected chi connectivity index (χ2v) is 8.00. The summed E-state index contributed by atoms with van der Waals surface area (Å²) in [5, 5.41) is 0. The predicted molar refractivity (Wildman–Crippen MR) is 94.0 cm³/mol. The van der Waals surface area contributed by atoms with Crippen molar-refractivity contribution in [2.24, 2.45) is 11.7 Å². The topological polar surface area (TPSA) is 112 Å². The molecule has 0 aromatic carbocycles. The minimum absolute atomic E-state index is 0. The van der Waals surface area contributed by atoms with Crippen molar-refractivity contribution >= 4 is 28.4 Å². The lowest BCUT2D eigenvalue weighted by Gasteiger charge is -2.30. The van der Waals surface area contributed by atoms with Gasteiger partial charge in [-0.05, 0) is 33.1 Å². The lowest BCUT2D eigenvalue weighted by atomic mass is 9.92. The van der Waals surface area contributed by atoms with Gasteiger partial charge in [-0.25, -0.2) is 17.9 Å². The highest BCUT2D eigenvalue weighted by Crippen LogP contribution is 2.29. The van der Waals surface area contributed by atoms with E-state index in [0.29, 0.717) is 6.42 Å². The normalized spacial score (nSPS) is 14.2. The van der Waals surface area contributed by atoms with Gasteiger partial charge in [0.2, 0.25) is 10.0 Å². The Morgan fingerprint density at radius 1 is 1.33 bits per heavy atom. The van der Waals surface area contributed by atoms with Gasteiger partial charge < -0.3 is 14.9 Å². The van der Waals surface area contributed by atoms with Gasteiger partial charge in [0.25, 0.3) is 0 Å². The third-order valence-electron chi connectivity index (χ3n) is 3.55. The van der Waals surface area contributed by atoms with Crippen molar-refractivity contribution in [2.75, 3.05) is 13.7 Å². The molecule has 0 spiro atoms. The molecular weight excluding hydrogens is 356 g/mol. The minimum Gasteiger partial charge on any atom is -0.465 e. The van der Waals surface area contributed by atoms with Gasteiger partial charge in [-0.15, -0.1) is 12.4 Å². The second-order valence-electron chi connectivity index (χ2n) is 6.38. The molecule has 0 radical (unpaired) electrons. The number of rotatable bonds is 7. The lowest BCUT2D eigenvalue weighted by Crippen LogP contribution is -2.52. The van der Waals surface area contributed by atoms with Gasteiger partial charge >= 0.3 is 5.97 Å². The first kappa shape index (κ1) is 22.9. The van der Waals surface area contributed by atoms with E-state index in [2.05, 4.69) is 9.46 Å². The molecule has 3 N–H and O–H groups in total. The monoisotopic (exact) mass is 382 g/mol. The summed E-state index contributed by atoms with van der Waals surface area (Å²) < 4.78 is 38.3. The van der Waals surface area contributed by atoms with Crippen LogP contribution >= 0.6 is 12.4 Å². The molecule has 0 aliphatic rings. The fourth-order valence-electron chi connectivity index (χ4n) is 2.77. The Morgan fingerprint density at radius 3 is 2.29 bits per heavy atom. The molecule has 0 saturated heterocycles. The van der Waals surface area contributed by atoms with Crippen LogP contribution in [0.2, 0.25) is 0 Å². The van der Waals surface area contributed by atoms with E-state index < -0.39 is 21.5 Å². The summed E-state index contributed by atoms with van der Waals surface area (Å²) in [5.74, 6) is -0.163. The zero-order chi connectivity index (χ0) is 18.0. The highest BCUT2D eigenvalue weighted by atomic mass is 35.5. The van der Waals surface area contributed by atoms with Crippen LogP contribution in [0.4, 0.5) is 0 Å². The van der Waals surface area contributed by atoms with Gasteiger partial charge in [0.15, 0.2) is 0 Å². The number of halogens is 1. The van der Waals surface area contributed by atoms with Crippen LogP contribution in [-0.2, 0) is 14.8 Å². The molecule has 1 atom stereocenters. The highest BCUT2D eigenvalue weighted by Gasteiger charge is 2.36. The average molecular weight is 383 g/mol. The van der Waals surface area contributed by atoms with Gasteiger partial charge in [0.05, 0.1) is 7.11 Å². The summed E-state index contributed by atoms with van der Waals surface area (Å²) in [5.41, 5.74) is 4.86. The third-order valence-corrected chi connectivity index (χ3v) is 5.34. The average Bonchev–Trinajstić information content (AvgIpc) is 2.71. The number of esters is 1. The Morgan fingerprint density at radius 2 is 1.88 bits per heavy atom. The van der Waals surface area contributed by atoms with E-state index in [1.807, 2.05) is 13.8 Å². The smallest absolute Gasteiger partial charge is 0.342 e. The maximum atomic E-state index is 12.8. The molecule has 0 bridgehead atoms.